The van der Waals surface area contributed by atoms with Crippen molar-refractivity contribution >= 4 is 28.7 Å². The number of nitrogens with zero attached hydrogens (tertiary/aromatic N) is 5. The van der Waals surface area contributed by atoms with Crippen LogP contribution in [0.3, 0.4) is 0 Å². The number of hydrogen-bond acceptors (Lipinski definition) is 6. The van der Waals surface area contributed by atoms with Gasteiger partial charge in [-0.05, 0) is 64.3 Å². The van der Waals surface area contributed by atoms with Crippen LogP contribution in [0.15, 0.2) is 96.2 Å². The van der Waals surface area contributed by atoms with Crippen LogP contribution in [0.1, 0.15) is 39.9 Å². The van der Waals surface area contributed by atoms with Gasteiger partial charge in [0, 0.05) is 17.7 Å². The molecule has 9 heteroatoms. The van der Waals surface area contributed by atoms with Crippen molar-refractivity contribution < 1.29 is 4.79 Å². The second-order valence-electron chi connectivity index (χ2n) is 10.3. The molecule has 0 unspecified atom stereocenters. The predicted molar refractivity (Wildman–Crippen MR) is 168 cm³/mol. The van der Waals surface area contributed by atoms with Gasteiger partial charge in [0.05, 0.1) is 17.6 Å². The SMILES string of the molecule is CSc1nc2c(C)cc(C(=O)NC[C@@H](C)c3ccccc3)cc2n1Cc1ccc(-c2ccccc2-c2nn[nH]n2)cc1. The molecule has 0 spiro atoms. The van der Waals surface area contributed by atoms with E-state index in [1.807, 2.05) is 61.7 Å². The lowest BCUT2D eigenvalue weighted by Crippen LogP contribution is -2.27. The van der Waals surface area contributed by atoms with Crippen LogP contribution < -0.4 is 5.32 Å². The highest BCUT2D eigenvalue weighted by molar-refractivity contribution is 7.98. The zero-order valence-electron chi connectivity index (χ0n) is 23.7. The number of thioether (sulfide) groups is 1. The van der Waals surface area contributed by atoms with Crippen LogP contribution >= 0.6 is 11.8 Å². The molecule has 6 rings (SSSR count). The van der Waals surface area contributed by atoms with E-state index in [1.165, 1.54) is 5.56 Å². The van der Waals surface area contributed by atoms with Crippen LogP contribution in [0.25, 0.3) is 33.5 Å². The van der Waals surface area contributed by atoms with Crippen molar-refractivity contribution in [3.8, 4) is 22.5 Å². The lowest BCUT2D eigenvalue weighted by Gasteiger charge is -2.14. The van der Waals surface area contributed by atoms with Gasteiger partial charge >= 0.3 is 0 Å². The van der Waals surface area contributed by atoms with Gasteiger partial charge in [0.2, 0.25) is 5.82 Å². The highest BCUT2D eigenvalue weighted by Crippen LogP contribution is 2.31. The van der Waals surface area contributed by atoms with Gasteiger partial charge in [0.25, 0.3) is 5.91 Å². The first-order valence-corrected chi connectivity index (χ1v) is 15.0. The lowest BCUT2D eigenvalue weighted by molar-refractivity contribution is 0.0951. The number of aromatic nitrogens is 6. The van der Waals surface area contributed by atoms with Crippen molar-refractivity contribution in [2.75, 3.05) is 12.8 Å². The Morgan fingerprint density at radius 1 is 0.976 bits per heavy atom. The van der Waals surface area contributed by atoms with Crippen LogP contribution in [-0.2, 0) is 6.54 Å². The molecular formula is C33H31N7OS. The van der Waals surface area contributed by atoms with Crippen LogP contribution in [0.4, 0.5) is 0 Å². The Morgan fingerprint density at radius 3 is 2.43 bits per heavy atom. The van der Waals surface area contributed by atoms with E-state index < -0.39 is 0 Å². The summed E-state index contributed by atoms with van der Waals surface area (Å²) in [6, 6.07) is 30.7. The van der Waals surface area contributed by atoms with Crippen molar-refractivity contribution in [3.05, 3.63) is 113 Å². The number of H-pyrrole nitrogens is 1. The number of carbonyl (C=O) groups excluding carboxylic acids is 1. The average Bonchev–Trinajstić information content (AvgIpc) is 3.69. The number of benzene rings is 4. The summed E-state index contributed by atoms with van der Waals surface area (Å²) in [5, 5.41) is 18.6. The maximum absolute atomic E-state index is 13.2. The fraction of sp³-hybridized carbons (Fsp3) is 0.182. The third-order valence-electron chi connectivity index (χ3n) is 7.51. The summed E-state index contributed by atoms with van der Waals surface area (Å²) < 4.78 is 2.19. The third kappa shape index (κ3) is 5.56. The third-order valence-corrected chi connectivity index (χ3v) is 8.19. The Hall–Kier alpha value is -4.76. The molecular weight excluding hydrogens is 542 g/mol. The summed E-state index contributed by atoms with van der Waals surface area (Å²) in [5.74, 6) is 0.704. The Balaban J connectivity index is 1.26. The van der Waals surface area contributed by atoms with Crippen molar-refractivity contribution in [2.24, 2.45) is 0 Å². The molecule has 4 aromatic carbocycles. The average molecular weight is 574 g/mol. The molecule has 0 fully saturated rings. The number of amides is 1. The number of tetrazole rings is 1. The maximum Gasteiger partial charge on any atom is 0.251 e. The van der Waals surface area contributed by atoms with Gasteiger partial charge in [0.15, 0.2) is 5.16 Å². The normalized spacial score (nSPS) is 12.0. The molecule has 0 radical (unpaired) electrons. The fourth-order valence-corrected chi connectivity index (χ4v) is 5.80. The predicted octanol–water partition coefficient (Wildman–Crippen LogP) is 6.50. The van der Waals surface area contributed by atoms with Gasteiger partial charge in [-0.15, -0.1) is 10.2 Å². The molecule has 2 heterocycles. The highest BCUT2D eigenvalue weighted by atomic mass is 32.2. The summed E-state index contributed by atoms with van der Waals surface area (Å²) in [6.07, 6.45) is 2.03. The second kappa shape index (κ2) is 12.0. The molecule has 0 saturated heterocycles. The van der Waals surface area contributed by atoms with E-state index in [2.05, 4.69) is 79.9 Å². The molecule has 2 N–H and O–H groups in total. The minimum atomic E-state index is -0.0779. The van der Waals surface area contributed by atoms with Gasteiger partial charge < -0.3 is 9.88 Å². The van der Waals surface area contributed by atoms with E-state index in [9.17, 15) is 4.79 Å². The van der Waals surface area contributed by atoms with E-state index in [1.54, 1.807) is 11.8 Å². The minimum absolute atomic E-state index is 0.0779. The largest absolute Gasteiger partial charge is 0.351 e. The van der Waals surface area contributed by atoms with Crippen LogP contribution in [0.2, 0.25) is 0 Å². The Morgan fingerprint density at radius 2 is 1.71 bits per heavy atom. The monoisotopic (exact) mass is 573 g/mol. The molecule has 210 valence electrons. The summed E-state index contributed by atoms with van der Waals surface area (Å²) in [5.41, 5.74) is 8.86. The molecule has 0 aliphatic rings. The first-order valence-electron chi connectivity index (χ1n) is 13.8. The first kappa shape index (κ1) is 27.4. The molecule has 0 saturated carbocycles. The number of fused-ring (bicyclic) bond motifs is 1. The van der Waals surface area contributed by atoms with Crippen molar-refractivity contribution in [1.29, 1.82) is 0 Å². The number of imidazole rings is 1. The van der Waals surface area contributed by atoms with E-state index in [0.29, 0.717) is 24.5 Å². The number of hydrogen-bond donors (Lipinski definition) is 2. The summed E-state index contributed by atoms with van der Waals surface area (Å²) in [4.78, 5) is 18.2. The molecule has 0 aliphatic heterocycles. The Labute approximate surface area is 248 Å². The van der Waals surface area contributed by atoms with Gasteiger partial charge in [-0.2, -0.15) is 5.21 Å². The minimum Gasteiger partial charge on any atom is -0.351 e. The molecule has 8 nitrogen and oxygen atoms in total. The molecule has 1 amide bonds. The zero-order chi connectivity index (χ0) is 29.1. The summed E-state index contributed by atoms with van der Waals surface area (Å²) in [6.45, 7) is 5.34. The van der Waals surface area contributed by atoms with Gasteiger partial charge in [-0.1, -0.05) is 97.5 Å². The van der Waals surface area contributed by atoms with E-state index >= 15 is 0 Å². The van der Waals surface area contributed by atoms with Gasteiger partial charge in [-0.25, -0.2) is 4.98 Å². The van der Waals surface area contributed by atoms with E-state index in [-0.39, 0.29) is 11.8 Å². The van der Waals surface area contributed by atoms with Crippen molar-refractivity contribution in [3.63, 3.8) is 0 Å². The molecule has 42 heavy (non-hydrogen) atoms. The van der Waals surface area contributed by atoms with Gasteiger partial charge in [0.1, 0.15) is 0 Å². The summed E-state index contributed by atoms with van der Waals surface area (Å²) >= 11 is 1.60. The quantitative estimate of drug-likeness (QED) is 0.192. The molecule has 1 atom stereocenters. The zero-order valence-corrected chi connectivity index (χ0v) is 24.5. The highest BCUT2D eigenvalue weighted by Gasteiger charge is 2.17. The molecule has 6 aromatic rings. The summed E-state index contributed by atoms with van der Waals surface area (Å²) in [7, 11) is 0. The van der Waals surface area contributed by atoms with E-state index in [0.717, 1.165) is 44.0 Å². The fourth-order valence-electron chi connectivity index (χ4n) is 5.24. The lowest BCUT2D eigenvalue weighted by atomic mass is 9.98. The van der Waals surface area contributed by atoms with E-state index in [4.69, 9.17) is 4.98 Å². The van der Waals surface area contributed by atoms with Crippen LogP contribution in [-0.4, -0.2) is 48.9 Å². The molecule has 0 aliphatic carbocycles. The topological polar surface area (TPSA) is 101 Å². The van der Waals surface area contributed by atoms with Crippen molar-refractivity contribution in [1.82, 2.24) is 35.5 Å². The Bertz CT molecular complexity index is 1830. The first-order chi connectivity index (χ1) is 20.5. The number of rotatable bonds is 9. The van der Waals surface area contributed by atoms with Crippen LogP contribution in [0, 0.1) is 6.92 Å². The molecule has 0 bridgehead atoms. The van der Waals surface area contributed by atoms with Crippen molar-refractivity contribution in [2.45, 2.75) is 31.5 Å². The number of nitrogens with one attached hydrogen (secondary N) is 2. The molecule has 2 aromatic heterocycles. The Kier molecular flexibility index (Phi) is 7.83. The van der Waals surface area contributed by atoms with Crippen LogP contribution in [0.5, 0.6) is 0 Å². The standard InChI is InChI=1S/C33H31N7OS/c1-21-17-26(32(41)34-19-22(2)24-9-5-4-6-10-24)18-29-30(21)35-33(42-3)40(29)20-23-13-15-25(16-14-23)27-11-7-8-12-28(27)31-36-38-39-37-31/h4-18,22H,19-20H2,1-3H3,(H,34,41)(H,36,37,38,39)/t22-/m1/s1. The van der Waals surface area contributed by atoms with Gasteiger partial charge in [-0.3, -0.25) is 4.79 Å². The number of aryl methyl sites for hydroxylation is 1. The maximum atomic E-state index is 13.2. The second-order valence-corrected chi connectivity index (χ2v) is 11.1. The number of aromatic amines is 1. The number of carbonyl (C=O) groups is 1. The smallest absolute Gasteiger partial charge is 0.251 e.